The minimum Gasteiger partial charge on any atom is -0.496 e. The Hall–Kier alpha value is -2.44. The lowest BCUT2D eigenvalue weighted by atomic mass is 10.1. The molecule has 0 atom stereocenters. The van der Waals surface area contributed by atoms with Crippen molar-refractivity contribution < 1.29 is 14.3 Å². The Balaban J connectivity index is 1.51. The largest absolute Gasteiger partial charge is 0.496 e. The number of amides is 2. The van der Waals surface area contributed by atoms with E-state index in [2.05, 4.69) is 10.6 Å². The molecule has 0 bridgehead atoms. The molecule has 0 aliphatic carbocycles. The molecule has 2 aromatic rings. The van der Waals surface area contributed by atoms with Crippen molar-refractivity contribution in [2.24, 2.45) is 0 Å². The van der Waals surface area contributed by atoms with Gasteiger partial charge in [-0.05, 0) is 55.3 Å². The van der Waals surface area contributed by atoms with E-state index in [-0.39, 0.29) is 11.8 Å². The Bertz CT molecular complexity index is 880. The Morgan fingerprint density at radius 3 is 2.46 bits per heavy atom. The molecule has 146 valence electrons. The van der Waals surface area contributed by atoms with Gasteiger partial charge in [-0.3, -0.25) is 9.59 Å². The van der Waals surface area contributed by atoms with E-state index in [0.29, 0.717) is 40.1 Å². The van der Waals surface area contributed by atoms with Gasteiger partial charge in [0.15, 0.2) is 0 Å². The van der Waals surface area contributed by atoms with Crippen LogP contribution in [0.5, 0.6) is 0 Å². The summed E-state index contributed by atoms with van der Waals surface area (Å²) in [5, 5.41) is 6.43. The van der Waals surface area contributed by atoms with Crippen LogP contribution in [0.2, 0.25) is 5.02 Å². The summed E-state index contributed by atoms with van der Waals surface area (Å²) in [5.41, 5.74) is 2.28. The average Bonchev–Trinajstić information content (AvgIpc) is 2.70. The van der Waals surface area contributed by atoms with Crippen molar-refractivity contribution in [3.8, 4) is 0 Å². The summed E-state index contributed by atoms with van der Waals surface area (Å²) in [5.74, 6) is 1.06. The van der Waals surface area contributed by atoms with Crippen molar-refractivity contribution in [2.75, 3.05) is 24.2 Å². The van der Waals surface area contributed by atoms with Crippen LogP contribution >= 0.6 is 23.4 Å². The minimum absolute atomic E-state index is 0.151. The van der Waals surface area contributed by atoms with Gasteiger partial charge in [0.05, 0.1) is 6.61 Å². The molecule has 0 unspecified atom stereocenters. The molecule has 1 heterocycles. The predicted octanol–water partition coefficient (Wildman–Crippen LogP) is 4.25. The van der Waals surface area contributed by atoms with Crippen molar-refractivity contribution >= 4 is 40.9 Å². The second-order valence-electron chi connectivity index (χ2n) is 6.25. The van der Waals surface area contributed by atoms with Gasteiger partial charge >= 0.3 is 0 Å². The smallest absolute Gasteiger partial charge is 0.265 e. The predicted molar refractivity (Wildman–Crippen MR) is 114 cm³/mol. The highest BCUT2D eigenvalue weighted by atomic mass is 35.5. The molecular formula is C21H21ClN2O3S. The first-order valence-electron chi connectivity index (χ1n) is 8.93. The highest BCUT2D eigenvalue weighted by Crippen LogP contribution is 2.26. The van der Waals surface area contributed by atoms with Crippen molar-refractivity contribution in [3.63, 3.8) is 0 Å². The third-order valence-electron chi connectivity index (χ3n) is 4.19. The molecule has 0 aromatic heterocycles. The van der Waals surface area contributed by atoms with Crippen molar-refractivity contribution in [3.05, 3.63) is 75.3 Å². The summed E-state index contributed by atoms with van der Waals surface area (Å²) in [6.45, 7) is 2.94. The molecule has 28 heavy (non-hydrogen) atoms. The lowest BCUT2D eigenvalue weighted by Crippen LogP contribution is -2.25. The first-order valence-corrected chi connectivity index (χ1v) is 10.3. The van der Waals surface area contributed by atoms with Gasteiger partial charge in [-0.25, -0.2) is 0 Å². The van der Waals surface area contributed by atoms with Crippen LogP contribution in [-0.4, -0.2) is 30.7 Å². The molecule has 2 N–H and O–H groups in total. The number of anilines is 1. The monoisotopic (exact) mass is 416 g/mol. The van der Waals surface area contributed by atoms with E-state index in [0.717, 1.165) is 17.7 Å². The maximum Gasteiger partial charge on any atom is 0.265 e. The standard InChI is InChI=1S/C21H21ClN2O3S/c1-14-19(28-13-12-27-14)21(26)24-18-8-4-16(5-9-18)20(25)23-11-10-15-2-6-17(22)7-3-15/h2-9H,10-13H2,1H3,(H,23,25)(H,24,26). The fraction of sp³-hybridized carbons (Fsp3) is 0.238. The molecule has 0 spiro atoms. The van der Waals surface area contributed by atoms with Gasteiger partial charge in [-0.2, -0.15) is 0 Å². The number of thioether (sulfide) groups is 1. The van der Waals surface area contributed by atoms with E-state index in [1.165, 1.54) is 11.8 Å². The number of halogens is 1. The van der Waals surface area contributed by atoms with Gasteiger partial charge < -0.3 is 15.4 Å². The highest BCUT2D eigenvalue weighted by molar-refractivity contribution is 8.04. The summed E-state index contributed by atoms with van der Waals surface area (Å²) < 4.78 is 5.41. The SMILES string of the molecule is CC1=C(C(=O)Nc2ccc(C(=O)NCCc3ccc(Cl)cc3)cc2)SCCO1. The summed E-state index contributed by atoms with van der Waals surface area (Å²) >= 11 is 7.35. The van der Waals surface area contributed by atoms with Gasteiger partial charge in [0.25, 0.3) is 11.8 Å². The molecule has 3 rings (SSSR count). The molecular weight excluding hydrogens is 396 g/mol. The molecule has 0 fully saturated rings. The quantitative estimate of drug-likeness (QED) is 0.738. The second kappa shape index (κ2) is 9.66. The van der Waals surface area contributed by atoms with Crippen LogP contribution in [0, 0.1) is 0 Å². The van der Waals surface area contributed by atoms with Gasteiger partial charge in [0.2, 0.25) is 0 Å². The molecule has 0 saturated heterocycles. The van der Waals surface area contributed by atoms with Gasteiger partial charge in [-0.1, -0.05) is 23.7 Å². The summed E-state index contributed by atoms with van der Waals surface area (Å²) in [4.78, 5) is 25.2. The fourth-order valence-corrected chi connectivity index (χ4v) is 3.64. The van der Waals surface area contributed by atoms with E-state index >= 15 is 0 Å². The van der Waals surface area contributed by atoms with Crippen molar-refractivity contribution in [1.29, 1.82) is 0 Å². The van der Waals surface area contributed by atoms with E-state index in [4.69, 9.17) is 16.3 Å². The number of hydrogen-bond acceptors (Lipinski definition) is 4. The lowest BCUT2D eigenvalue weighted by molar-refractivity contribution is -0.112. The van der Waals surface area contributed by atoms with Crippen LogP contribution in [-0.2, 0) is 16.0 Å². The fourth-order valence-electron chi connectivity index (χ4n) is 2.70. The molecule has 7 heteroatoms. The maximum absolute atomic E-state index is 12.3. The van der Waals surface area contributed by atoms with Crippen molar-refractivity contribution in [1.82, 2.24) is 5.32 Å². The average molecular weight is 417 g/mol. The van der Waals surface area contributed by atoms with E-state index in [1.807, 2.05) is 24.3 Å². The Morgan fingerprint density at radius 2 is 1.79 bits per heavy atom. The number of hydrogen-bond donors (Lipinski definition) is 2. The third kappa shape index (κ3) is 5.53. The van der Waals surface area contributed by atoms with Gasteiger partial charge in [-0.15, -0.1) is 11.8 Å². The normalized spacial score (nSPS) is 13.6. The van der Waals surface area contributed by atoms with Crippen LogP contribution in [0.25, 0.3) is 0 Å². The Morgan fingerprint density at radius 1 is 1.07 bits per heavy atom. The molecule has 1 aliphatic rings. The summed E-state index contributed by atoms with van der Waals surface area (Å²) in [6, 6.07) is 14.4. The highest BCUT2D eigenvalue weighted by Gasteiger charge is 2.18. The summed E-state index contributed by atoms with van der Waals surface area (Å²) in [7, 11) is 0. The number of benzene rings is 2. The number of ether oxygens (including phenoxy) is 1. The number of rotatable bonds is 6. The van der Waals surface area contributed by atoms with E-state index < -0.39 is 0 Å². The summed E-state index contributed by atoms with van der Waals surface area (Å²) in [6.07, 6.45) is 0.727. The maximum atomic E-state index is 12.3. The van der Waals surface area contributed by atoms with E-state index in [9.17, 15) is 9.59 Å². The van der Waals surface area contributed by atoms with Crippen LogP contribution in [0.15, 0.2) is 59.2 Å². The molecule has 0 saturated carbocycles. The first-order chi connectivity index (χ1) is 13.5. The molecule has 1 aliphatic heterocycles. The van der Waals surface area contributed by atoms with Gasteiger partial charge in [0.1, 0.15) is 10.7 Å². The zero-order valence-corrected chi connectivity index (χ0v) is 17.0. The van der Waals surface area contributed by atoms with Crippen LogP contribution < -0.4 is 10.6 Å². The van der Waals surface area contributed by atoms with Crippen LogP contribution in [0.4, 0.5) is 5.69 Å². The van der Waals surface area contributed by atoms with Crippen LogP contribution in [0.1, 0.15) is 22.8 Å². The lowest BCUT2D eigenvalue weighted by Gasteiger charge is -2.17. The Labute approximate surface area is 173 Å². The van der Waals surface area contributed by atoms with Crippen LogP contribution in [0.3, 0.4) is 0 Å². The van der Waals surface area contributed by atoms with E-state index in [1.54, 1.807) is 31.2 Å². The first kappa shape index (κ1) is 20.3. The second-order valence-corrected chi connectivity index (χ2v) is 7.79. The Kier molecular flexibility index (Phi) is 7.01. The van der Waals surface area contributed by atoms with Crippen molar-refractivity contribution in [2.45, 2.75) is 13.3 Å². The number of allylic oxidation sites excluding steroid dienone is 1. The number of carbonyl (C=O) groups is 2. The molecule has 2 aromatic carbocycles. The topological polar surface area (TPSA) is 67.4 Å². The zero-order valence-electron chi connectivity index (χ0n) is 15.5. The number of nitrogens with one attached hydrogen (secondary N) is 2. The third-order valence-corrected chi connectivity index (χ3v) is 5.58. The molecule has 2 amide bonds. The zero-order chi connectivity index (χ0) is 19.9. The van der Waals surface area contributed by atoms with Gasteiger partial charge in [0, 0.05) is 28.6 Å². The molecule has 0 radical (unpaired) electrons. The minimum atomic E-state index is -0.192. The molecule has 5 nitrogen and oxygen atoms in total. The number of carbonyl (C=O) groups excluding carboxylic acids is 2.